The Bertz CT molecular complexity index is 162. The highest BCUT2D eigenvalue weighted by Crippen LogP contribution is 1.99. The molecule has 0 rings (SSSR count). The van der Waals surface area contributed by atoms with Crippen molar-refractivity contribution in [3.63, 3.8) is 0 Å². The van der Waals surface area contributed by atoms with Gasteiger partial charge in [-0.3, -0.25) is 4.79 Å². The van der Waals surface area contributed by atoms with E-state index < -0.39 is 0 Å². The van der Waals surface area contributed by atoms with E-state index in [9.17, 15) is 4.79 Å². The zero-order chi connectivity index (χ0) is 11.0. The molecule has 2 atom stereocenters. The van der Waals surface area contributed by atoms with E-state index in [-0.39, 0.29) is 18.6 Å². The summed E-state index contributed by atoms with van der Waals surface area (Å²) in [6.45, 7) is 4.75. The molecule has 0 aromatic carbocycles. The number of nitrogens with two attached hydrogens (primary N) is 1. The Morgan fingerprint density at radius 1 is 1.50 bits per heavy atom. The highest BCUT2D eigenvalue weighted by Gasteiger charge is 2.12. The van der Waals surface area contributed by atoms with Gasteiger partial charge in [0.2, 0.25) is 5.91 Å². The molecule has 0 aromatic rings. The fourth-order valence-electron chi connectivity index (χ4n) is 1.17. The van der Waals surface area contributed by atoms with E-state index in [0.29, 0.717) is 18.9 Å². The molecule has 0 radical (unpaired) electrons. The fraction of sp³-hybridized carbons (Fsp3) is 0.900. The lowest BCUT2D eigenvalue weighted by Crippen LogP contribution is -2.42. The Morgan fingerprint density at radius 3 is 2.64 bits per heavy atom. The number of hydrogen-bond donors (Lipinski definition) is 3. The first-order valence-electron chi connectivity index (χ1n) is 5.26. The monoisotopic (exact) mass is 202 g/mol. The second-order valence-electron chi connectivity index (χ2n) is 3.76. The van der Waals surface area contributed by atoms with Crippen molar-refractivity contribution in [2.75, 3.05) is 13.2 Å². The summed E-state index contributed by atoms with van der Waals surface area (Å²) in [5, 5.41) is 11.4. The van der Waals surface area contributed by atoms with Crippen LogP contribution in [-0.4, -0.2) is 30.2 Å². The number of amides is 1. The van der Waals surface area contributed by atoms with Gasteiger partial charge >= 0.3 is 0 Å². The number of aliphatic hydroxyl groups excluding tert-OH is 1. The summed E-state index contributed by atoms with van der Waals surface area (Å²) in [5.41, 5.74) is 5.63. The van der Waals surface area contributed by atoms with Gasteiger partial charge in [-0.2, -0.15) is 0 Å². The standard InChI is InChI=1S/C10H22N2O2/c1-3-4-9(11)10(14)12-7-8(2)5-6-13/h8-9,13H,3-7,11H2,1-2H3,(H,12,14)/t8?,9-/m1/s1. The summed E-state index contributed by atoms with van der Waals surface area (Å²) >= 11 is 0. The molecule has 0 aromatic heterocycles. The maximum absolute atomic E-state index is 11.3. The second-order valence-corrected chi connectivity index (χ2v) is 3.76. The number of carbonyl (C=O) groups excluding carboxylic acids is 1. The van der Waals surface area contributed by atoms with Crippen LogP contribution in [-0.2, 0) is 4.79 Å². The smallest absolute Gasteiger partial charge is 0.236 e. The Morgan fingerprint density at radius 2 is 2.14 bits per heavy atom. The van der Waals surface area contributed by atoms with Crippen LogP contribution in [0.1, 0.15) is 33.1 Å². The molecule has 0 aliphatic heterocycles. The maximum Gasteiger partial charge on any atom is 0.236 e. The topological polar surface area (TPSA) is 75.4 Å². The van der Waals surface area contributed by atoms with Gasteiger partial charge in [0.05, 0.1) is 6.04 Å². The Balaban J connectivity index is 3.61. The zero-order valence-corrected chi connectivity index (χ0v) is 9.12. The number of hydrogen-bond acceptors (Lipinski definition) is 3. The molecule has 1 amide bonds. The van der Waals surface area contributed by atoms with Crippen LogP contribution in [0.15, 0.2) is 0 Å². The number of nitrogens with one attached hydrogen (secondary N) is 1. The van der Waals surface area contributed by atoms with Gasteiger partial charge in [0, 0.05) is 13.2 Å². The van der Waals surface area contributed by atoms with E-state index in [4.69, 9.17) is 10.8 Å². The summed E-state index contributed by atoms with van der Waals surface area (Å²) in [7, 11) is 0. The van der Waals surface area contributed by atoms with Gasteiger partial charge in [0.15, 0.2) is 0 Å². The van der Waals surface area contributed by atoms with Crippen molar-refractivity contribution >= 4 is 5.91 Å². The van der Waals surface area contributed by atoms with E-state index in [0.717, 1.165) is 12.8 Å². The molecule has 4 heteroatoms. The van der Waals surface area contributed by atoms with Gasteiger partial charge in [-0.05, 0) is 18.8 Å². The maximum atomic E-state index is 11.3. The van der Waals surface area contributed by atoms with Gasteiger partial charge < -0.3 is 16.2 Å². The van der Waals surface area contributed by atoms with Crippen LogP contribution in [0, 0.1) is 5.92 Å². The third-order valence-electron chi connectivity index (χ3n) is 2.18. The summed E-state index contributed by atoms with van der Waals surface area (Å²) in [4.78, 5) is 11.3. The molecule has 4 nitrogen and oxygen atoms in total. The summed E-state index contributed by atoms with van der Waals surface area (Å²) < 4.78 is 0. The third kappa shape index (κ3) is 5.94. The van der Waals surface area contributed by atoms with Crippen LogP contribution < -0.4 is 11.1 Å². The zero-order valence-electron chi connectivity index (χ0n) is 9.12. The van der Waals surface area contributed by atoms with Gasteiger partial charge in [0.1, 0.15) is 0 Å². The average Bonchev–Trinajstić information content (AvgIpc) is 2.15. The van der Waals surface area contributed by atoms with Crippen LogP contribution in [0.25, 0.3) is 0 Å². The highest BCUT2D eigenvalue weighted by atomic mass is 16.3. The van der Waals surface area contributed by atoms with Crippen molar-refractivity contribution < 1.29 is 9.90 Å². The normalized spacial score (nSPS) is 14.9. The summed E-state index contributed by atoms with van der Waals surface area (Å²) in [5.74, 6) is 0.217. The molecule has 0 spiro atoms. The molecule has 0 aliphatic carbocycles. The van der Waals surface area contributed by atoms with Crippen LogP contribution in [0.5, 0.6) is 0 Å². The minimum atomic E-state index is -0.388. The van der Waals surface area contributed by atoms with Crippen molar-refractivity contribution in [1.82, 2.24) is 5.32 Å². The molecule has 0 saturated heterocycles. The molecule has 0 aliphatic rings. The first-order valence-corrected chi connectivity index (χ1v) is 5.26. The van der Waals surface area contributed by atoms with E-state index in [2.05, 4.69) is 5.32 Å². The quantitative estimate of drug-likeness (QED) is 0.554. The molecular formula is C10H22N2O2. The van der Waals surface area contributed by atoms with Crippen molar-refractivity contribution in [2.45, 2.75) is 39.2 Å². The van der Waals surface area contributed by atoms with Crippen molar-refractivity contribution in [3.05, 3.63) is 0 Å². The fourth-order valence-corrected chi connectivity index (χ4v) is 1.17. The first kappa shape index (κ1) is 13.4. The van der Waals surface area contributed by atoms with Crippen molar-refractivity contribution in [3.8, 4) is 0 Å². The van der Waals surface area contributed by atoms with Crippen molar-refractivity contribution in [2.24, 2.45) is 11.7 Å². The molecule has 0 heterocycles. The van der Waals surface area contributed by atoms with E-state index in [1.54, 1.807) is 0 Å². The molecule has 0 saturated carbocycles. The van der Waals surface area contributed by atoms with Gasteiger partial charge in [-0.15, -0.1) is 0 Å². The van der Waals surface area contributed by atoms with Crippen LogP contribution in [0.4, 0.5) is 0 Å². The van der Waals surface area contributed by atoms with Gasteiger partial charge in [0.25, 0.3) is 0 Å². The molecule has 4 N–H and O–H groups in total. The molecule has 0 fully saturated rings. The van der Waals surface area contributed by atoms with Crippen LogP contribution in [0.3, 0.4) is 0 Å². The predicted octanol–water partition coefficient (Wildman–Crippen LogP) is 0.249. The van der Waals surface area contributed by atoms with E-state index in [1.807, 2.05) is 13.8 Å². The summed E-state index contributed by atoms with van der Waals surface area (Å²) in [6.07, 6.45) is 2.35. The summed E-state index contributed by atoms with van der Waals surface area (Å²) in [6, 6.07) is -0.388. The third-order valence-corrected chi connectivity index (χ3v) is 2.18. The molecule has 84 valence electrons. The van der Waals surface area contributed by atoms with Crippen LogP contribution in [0.2, 0.25) is 0 Å². The largest absolute Gasteiger partial charge is 0.396 e. The molecule has 0 bridgehead atoms. The minimum Gasteiger partial charge on any atom is -0.396 e. The molecular weight excluding hydrogens is 180 g/mol. The van der Waals surface area contributed by atoms with Crippen molar-refractivity contribution in [1.29, 1.82) is 0 Å². The lowest BCUT2D eigenvalue weighted by Gasteiger charge is -2.14. The Kier molecular flexibility index (Phi) is 7.42. The average molecular weight is 202 g/mol. The minimum absolute atomic E-state index is 0.0864. The van der Waals surface area contributed by atoms with E-state index in [1.165, 1.54) is 0 Å². The van der Waals surface area contributed by atoms with E-state index >= 15 is 0 Å². The SMILES string of the molecule is CCC[C@@H](N)C(=O)NCC(C)CCO. The molecule has 1 unspecified atom stereocenters. The molecule has 14 heavy (non-hydrogen) atoms. The first-order chi connectivity index (χ1) is 6.61. The Hall–Kier alpha value is -0.610. The Labute approximate surface area is 85.9 Å². The van der Waals surface area contributed by atoms with Gasteiger partial charge in [-0.25, -0.2) is 0 Å². The second kappa shape index (κ2) is 7.76. The van der Waals surface area contributed by atoms with Crippen LogP contribution >= 0.6 is 0 Å². The highest BCUT2D eigenvalue weighted by molar-refractivity contribution is 5.81. The number of carbonyl (C=O) groups is 1. The number of aliphatic hydroxyl groups is 1. The van der Waals surface area contributed by atoms with Gasteiger partial charge in [-0.1, -0.05) is 20.3 Å². The predicted molar refractivity (Wildman–Crippen MR) is 56.8 cm³/mol. The lowest BCUT2D eigenvalue weighted by molar-refractivity contribution is -0.122. The lowest BCUT2D eigenvalue weighted by atomic mass is 10.1. The number of rotatable bonds is 7.